The van der Waals surface area contributed by atoms with E-state index in [-0.39, 0.29) is 0 Å². The molecule has 11 rings (SSSR count). The Bertz CT molecular complexity index is 3150. The third-order valence-corrected chi connectivity index (χ3v) is 10.7. The second kappa shape index (κ2) is 10.4. The van der Waals surface area contributed by atoms with Crippen LogP contribution >= 0.6 is 0 Å². The van der Waals surface area contributed by atoms with Gasteiger partial charge in [0.25, 0.3) is 0 Å². The van der Waals surface area contributed by atoms with Gasteiger partial charge >= 0.3 is 0 Å². The molecule has 4 heterocycles. The van der Waals surface area contributed by atoms with Crippen LogP contribution in [0, 0.1) is 0 Å². The molecule has 0 spiro atoms. The summed E-state index contributed by atoms with van der Waals surface area (Å²) in [7, 11) is 0. The predicted octanol–water partition coefficient (Wildman–Crippen LogP) is 13.0. The van der Waals surface area contributed by atoms with E-state index in [0.29, 0.717) is 0 Å². The van der Waals surface area contributed by atoms with E-state index in [1.807, 2.05) is 6.07 Å². The molecule has 11 aromatic rings. The number of aryl methyl sites for hydroxylation is 1. The molecule has 50 heavy (non-hydrogen) atoms. The van der Waals surface area contributed by atoms with Gasteiger partial charge in [0, 0.05) is 49.5 Å². The molecule has 4 aromatic heterocycles. The first-order valence-electron chi connectivity index (χ1n) is 17.6. The molecule has 0 radical (unpaired) electrons. The molecule has 0 fully saturated rings. The van der Waals surface area contributed by atoms with E-state index in [9.17, 15) is 0 Å². The zero-order valence-corrected chi connectivity index (χ0v) is 27.6. The van der Waals surface area contributed by atoms with E-state index in [1.54, 1.807) is 0 Å². The summed E-state index contributed by atoms with van der Waals surface area (Å²) in [5.74, 6) is 0. The highest BCUT2D eigenvalue weighted by atomic mass is 16.3. The summed E-state index contributed by atoms with van der Waals surface area (Å²) in [6.45, 7) is 2.24. The quantitative estimate of drug-likeness (QED) is 0.187. The molecule has 238 valence electrons. The fourth-order valence-corrected chi connectivity index (χ4v) is 8.46. The van der Waals surface area contributed by atoms with Crippen molar-refractivity contribution in [3.05, 3.63) is 145 Å². The molecule has 4 heteroatoms. The van der Waals surface area contributed by atoms with Crippen LogP contribution in [0.4, 0.5) is 0 Å². The Balaban J connectivity index is 1.23. The van der Waals surface area contributed by atoms with Crippen molar-refractivity contribution in [2.75, 3.05) is 0 Å². The maximum absolute atomic E-state index is 6.57. The van der Waals surface area contributed by atoms with Crippen LogP contribution in [0.25, 0.3) is 98.9 Å². The van der Waals surface area contributed by atoms with Crippen LogP contribution in [0.3, 0.4) is 0 Å². The first-order valence-corrected chi connectivity index (χ1v) is 17.6. The normalized spacial score (nSPS) is 12.3. The number of fused-ring (bicyclic) bond motifs is 13. The minimum atomic E-state index is 0.890. The molecular formula is C46H32N2O2. The number of unbranched alkanes of at least 4 members (excludes halogenated alkanes) is 1. The molecule has 0 aliphatic carbocycles. The third kappa shape index (κ3) is 3.76. The number of para-hydroxylation sites is 3. The molecule has 0 saturated heterocycles. The lowest BCUT2D eigenvalue weighted by molar-refractivity contribution is 0.667. The molecule has 0 saturated carbocycles. The predicted molar refractivity (Wildman–Crippen MR) is 208 cm³/mol. The van der Waals surface area contributed by atoms with E-state index in [0.717, 1.165) is 67.3 Å². The zero-order chi connectivity index (χ0) is 32.9. The Morgan fingerprint density at radius 3 is 2.00 bits per heavy atom. The first kappa shape index (κ1) is 27.7. The monoisotopic (exact) mass is 644 g/mol. The number of nitrogens with zero attached hydrogens (tertiary/aromatic N) is 2. The third-order valence-electron chi connectivity index (χ3n) is 10.7. The molecule has 0 aliphatic heterocycles. The van der Waals surface area contributed by atoms with Crippen LogP contribution in [-0.2, 0) is 6.42 Å². The minimum absolute atomic E-state index is 0.890. The second-order valence-electron chi connectivity index (χ2n) is 13.5. The van der Waals surface area contributed by atoms with Crippen molar-refractivity contribution < 1.29 is 8.83 Å². The standard InChI is InChI=1S/C46H32N2O2/c1-2-3-11-28-20-22-31-32-23-21-29(27-43(32)50-42(31)26-28)47-37-16-8-5-13-34(37)45-39(47)25-24-33-30-12-4-7-15-36(30)48(46(33)45)38-17-10-19-41-44(38)35-14-6-9-18-40(35)49-41/h4-10,12-27H,2-3,11H2,1H3. The molecular weight excluding hydrogens is 613 g/mol. The average Bonchev–Trinajstić information content (AvgIpc) is 3.90. The van der Waals surface area contributed by atoms with Crippen LogP contribution in [0.15, 0.2) is 148 Å². The zero-order valence-electron chi connectivity index (χ0n) is 27.6. The van der Waals surface area contributed by atoms with Gasteiger partial charge in [-0.05, 0) is 73.0 Å². The summed E-state index contributed by atoms with van der Waals surface area (Å²) < 4.78 is 17.8. The lowest BCUT2D eigenvalue weighted by atomic mass is 10.1. The van der Waals surface area contributed by atoms with Gasteiger partial charge in [0.1, 0.15) is 22.3 Å². The van der Waals surface area contributed by atoms with Crippen LogP contribution < -0.4 is 0 Å². The number of aromatic nitrogens is 2. The van der Waals surface area contributed by atoms with Crippen LogP contribution in [0.2, 0.25) is 0 Å². The van der Waals surface area contributed by atoms with Crippen molar-refractivity contribution in [1.82, 2.24) is 9.13 Å². The summed E-state index contributed by atoms with van der Waals surface area (Å²) in [5.41, 5.74) is 11.9. The molecule has 0 N–H and O–H groups in total. The van der Waals surface area contributed by atoms with E-state index in [4.69, 9.17) is 8.83 Å². The summed E-state index contributed by atoms with van der Waals surface area (Å²) in [4.78, 5) is 0. The smallest absolute Gasteiger partial charge is 0.137 e. The number of rotatable bonds is 5. The SMILES string of the molecule is CCCCc1ccc2c(c1)oc1cc(-n3c4ccccc4c4c3ccc3c5ccccc5n(-c5cccc6oc7ccccc7c56)c34)ccc12. The van der Waals surface area contributed by atoms with Gasteiger partial charge in [0.15, 0.2) is 0 Å². The second-order valence-corrected chi connectivity index (χ2v) is 13.5. The van der Waals surface area contributed by atoms with Crippen molar-refractivity contribution in [3.8, 4) is 11.4 Å². The van der Waals surface area contributed by atoms with Crippen molar-refractivity contribution in [2.24, 2.45) is 0 Å². The van der Waals surface area contributed by atoms with Gasteiger partial charge in [0.05, 0.1) is 33.1 Å². The van der Waals surface area contributed by atoms with E-state index >= 15 is 0 Å². The highest BCUT2D eigenvalue weighted by Crippen LogP contribution is 2.44. The molecule has 7 aromatic carbocycles. The van der Waals surface area contributed by atoms with Crippen LogP contribution in [0.5, 0.6) is 0 Å². The van der Waals surface area contributed by atoms with Gasteiger partial charge in [-0.15, -0.1) is 0 Å². The molecule has 4 nitrogen and oxygen atoms in total. The summed E-state index contributed by atoms with van der Waals surface area (Å²) in [6, 6.07) is 50.3. The minimum Gasteiger partial charge on any atom is -0.456 e. The Kier molecular flexibility index (Phi) is 5.74. The number of furan rings is 2. The highest BCUT2D eigenvalue weighted by Gasteiger charge is 2.23. The van der Waals surface area contributed by atoms with Gasteiger partial charge in [-0.3, -0.25) is 0 Å². The van der Waals surface area contributed by atoms with Crippen molar-refractivity contribution >= 4 is 87.5 Å². The summed E-state index contributed by atoms with van der Waals surface area (Å²) in [5, 5.41) is 9.46. The Morgan fingerprint density at radius 1 is 0.460 bits per heavy atom. The van der Waals surface area contributed by atoms with Gasteiger partial charge in [-0.25, -0.2) is 0 Å². The molecule has 0 unspecified atom stereocenters. The molecule has 0 atom stereocenters. The Hall–Kier alpha value is -6.26. The number of hydrogen-bond acceptors (Lipinski definition) is 2. The summed E-state index contributed by atoms with van der Waals surface area (Å²) >= 11 is 0. The van der Waals surface area contributed by atoms with Gasteiger partial charge < -0.3 is 18.0 Å². The Labute approximate surface area is 287 Å². The maximum Gasteiger partial charge on any atom is 0.137 e. The van der Waals surface area contributed by atoms with Crippen molar-refractivity contribution in [1.29, 1.82) is 0 Å². The van der Waals surface area contributed by atoms with Crippen LogP contribution in [-0.4, -0.2) is 9.13 Å². The van der Waals surface area contributed by atoms with Crippen molar-refractivity contribution in [3.63, 3.8) is 0 Å². The summed E-state index contributed by atoms with van der Waals surface area (Å²) in [6.07, 6.45) is 3.44. The fraction of sp³-hybridized carbons (Fsp3) is 0.0870. The van der Waals surface area contributed by atoms with Gasteiger partial charge in [0.2, 0.25) is 0 Å². The molecule has 0 aliphatic rings. The van der Waals surface area contributed by atoms with E-state index < -0.39 is 0 Å². The van der Waals surface area contributed by atoms with Crippen molar-refractivity contribution in [2.45, 2.75) is 26.2 Å². The topological polar surface area (TPSA) is 36.1 Å². The Morgan fingerprint density at radius 2 is 1.14 bits per heavy atom. The molecule has 0 amide bonds. The number of hydrogen-bond donors (Lipinski definition) is 0. The van der Waals surface area contributed by atoms with E-state index in [1.165, 1.54) is 56.4 Å². The highest BCUT2D eigenvalue weighted by molar-refractivity contribution is 6.27. The van der Waals surface area contributed by atoms with E-state index in [2.05, 4.69) is 150 Å². The average molecular weight is 645 g/mol. The van der Waals surface area contributed by atoms with Crippen LogP contribution in [0.1, 0.15) is 25.3 Å². The molecule has 0 bridgehead atoms. The number of benzene rings is 7. The lowest BCUT2D eigenvalue weighted by Gasteiger charge is -2.11. The fourth-order valence-electron chi connectivity index (χ4n) is 8.46. The van der Waals surface area contributed by atoms with Gasteiger partial charge in [-0.1, -0.05) is 92.2 Å². The largest absolute Gasteiger partial charge is 0.456 e. The lowest BCUT2D eigenvalue weighted by Crippen LogP contribution is -1.96. The van der Waals surface area contributed by atoms with Gasteiger partial charge in [-0.2, -0.15) is 0 Å². The maximum atomic E-state index is 6.57. The first-order chi connectivity index (χ1) is 24.8.